The number of ether oxygens (including phenoxy) is 1. The Hall–Kier alpha value is -1.31. The summed E-state index contributed by atoms with van der Waals surface area (Å²) < 4.78 is 5.26. The van der Waals surface area contributed by atoms with Crippen LogP contribution in [-0.4, -0.2) is 12.1 Å². The maximum Gasteiger partial charge on any atom is 0.306 e. The van der Waals surface area contributed by atoms with Gasteiger partial charge in [-0.1, -0.05) is 37.3 Å². The topological polar surface area (TPSA) is 26.3 Å². The second-order valence-corrected chi connectivity index (χ2v) is 3.74. The Morgan fingerprint density at radius 3 is 2.60 bits per heavy atom. The summed E-state index contributed by atoms with van der Waals surface area (Å²) in [6, 6.07) is 10.1. The maximum atomic E-state index is 11.2. The van der Waals surface area contributed by atoms with Crippen molar-refractivity contribution in [1.29, 1.82) is 0 Å². The standard InChI is InChI=1S/C13H18O2/c1-3-7-13(14)15-11(2)10-12-8-5-4-6-9-12/h4-6,8-9,11H,3,7,10H2,1-2H3/t11-/m1/s1. The van der Waals surface area contributed by atoms with Gasteiger partial charge in [-0.05, 0) is 18.9 Å². The van der Waals surface area contributed by atoms with E-state index in [-0.39, 0.29) is 12.1 Å². The third-order valence-electron chi connectivity index (χ3n) is 2.15. The number of benzene rings is 1. The molecular weight excluding hydrogens is 188 g/mol. The van der Waals surface area contributed by atoms with Gasteiger partial charge in [0.1, 0.15) is 6.10 Å². The monoisotopic (exact) mass is 206 g/mol. The predicted octanol–water partition coefficient (Wildman–Crippen LogP) is 2.96. The van der Waals surface area contributed by atoms with Crippen molar-refractivity contribution < 1.29 is 9.53 Å². The first-order chi connectivity index (χ1) is 7.22. The maximum absolute atomic E-state index is 11.2. The Bertz CT molecular complexity index is 293. The lowest BCUT2D eigenvalue weighted by Gasteiger charge is -2.12. The first kappa shape index (κ1) is 11.8. The summed E-state index contributed by atoms with van der Waals surface area (Å²) in [5.74, 6) is -0.0964. The zero-order chi connectivity index (χ0) is 11.1. The quantitative estimate of drug-likeness (QED) is 0.692. The molecule has 0 spiro atoms. The smallest absolute Gasteiger partial charge is 0.306 e. The predicted molar refractivity (Wildman–Crippen MR) is 60.6 cm³/mol. The highest BCUT2D eigenvalue weighted by atomic mass is 16.5. The van der Waals surface area contributed by atoms with E-state index in [1.165, 1.54) is 5.56 Å². The van der Waals surface area contributed by atoms with Crippen LogP contribution in [-0.2, 0) is 16.0 Å². The lowest BCUT2D eigenvalue weighted by molar-refractivity contribution is -0.148. The van der Waals surface area contributed by atoms with Crippen molar-refractivity contribution in [1.82, 2.24) is 0 Å². The third-order valence-corrected chi connectivity index (χ3v) is 2.15. The summed E-state index contributed by atoms with van der Waals surface area (Å²) in [6.45, 7) is 3.91. The molecule has 0 amide bonds. The molecule has 1 aromatic rings. The highest BCUT2D eigenvalue weighted by Gasteiger charge is 2.08. The molecule has 0 N–H and O–H groups in total. The zero-order valence-electron chi connectivity index (χ0n) is 9.40. The molecule has 0 aliphatic rings. The fourth-order valence-corrected chi connectivity index (χ4v) is 1.48. The van der Waals surface area contributed by atoms with Crippen molar-refractivity contribution in [3.8, 4) is 0 Å². The van der Waals surface area contributed by atoms with Crippen LogP contribution in [0.15, 0.2) is 30.3 Å². The van der Waals surface area contributed by atoms with E-state index in [1.54, 1.807) is 0 Å². The number of carbonyl (C=O) groups is 1. The van der Waals surface area contributed by atoms with Gasteiger partial charge in [0.15, 0.2) is 0 Å². The van der Waals surface area contributed by atoms with Gasteiger partial charge in [-0.2, -0.15) is 0 Å². The second kappa shape index (κ2) is 6.23. The van der Waals surface area contributed by atoms with Gasteiger partial charge in [-0.25, -0.2) is 0 Å². The molecule has 1 rings (SSSR count). The molecule has 82 valence electrons. The fourth-order valence-electron chi connectivity index (χ4n) is 1.48. The van der Waals surface area contributed by atoms with Crippen molar-refractivity contribution in [2.24, 2.45) is 0 Å². The van der Waals surface area contributed by atoms with Crippen LogP contribution in [0.3, 0.4) is 0 Å². The van der Waals surface area contributed by atoms with Crippen LogP contribution in [0.5, 0.6) is 0 Å². The summed E-state index contributed by atoms with van der Waals surface area (Å²) in [4.78, 5) is 11.2. The molecule has 2 heteroatoms. The first-order valence-corrected chi connectivity index (χ1v) is 5.45. The summed E-state index contributed by atoms with van der Waals surface area (Å²) in [7, 11) is 0. The molecule has 0 aliphatic heterocycles. The van der Waals surface area contributed by atoms with Crippen LogP contribution in [0.4, 0.5) is 0 Å². The Morgan fingerprint density at radius 2 is 2.00 bits per heavy atom. The third kappa shape index (κ3) is 4.63. The first-order valence-electron chi connectivity index (χ1n) is 5.45. The summed E-state index contributed by atoms with van der Waals surface area (Å²) >= 11 is 0. The van der Waals surface area contributed by atoms with Crippen molar-refractivity contribution in [2.45, 2.75) is 39.2 Å². The molecule has 1 atom stereocenters. The minimum atomic E-state index is -0.0964. The van der Waals surface area contributed by atoms with Gasteiger partial charge in [0.2, 0.25) is 0 Å². The normalized spacial score (nSPS) is 12.1. The van der Waals surface area contributed by atoms with Gasteiger partial charge < -0.3 is 4.74 Å². The summed E-state index contributed by atoms with van der Waals surface area (Å²) in [5.41, 5.74) is 1.20. The number of hydrogen-bond donors (Lipinski definition) is 0. The number of hydrogen-bond acceptors (Lipinski definition) is 2. The van der Waals surface area contributed by atoms with Crippen LogP contribution in [0.25, 0.3) is 0 Å². The van der Waals surface area contributed by atoms with E-state index in [0.29, 0.717) is 6.42 Å². The zero-order valence-corrected chi connectivity index (χ0v) is 9.40. The van der Waals surface area contributed by atoms with E-state index in [1.807, 2.05) is 44.2 Å². The Balaban J connectivity index is 2.36. The SMILES string of the molecule is CCCC(=O)O[C@H](C)Cc1ccccc1. The van der Waals surface area contributed by atoms with Crippen LogP contribution >= 0.6 is 0 Å². The molecule has 0 bridgehead atoms. The van der Waals surface area contributed by atoms with Crippen molar-refractivity contribution >= 4 is 5.97 Å². The molecule has 0 aromatic heterocycles. The van der Waals surface area contributed by atoms with Crippen molar-refractivity contribution in [2.75, 3.05) is 0 Å². The largest absolute Gasteiger partial charge is 0.462 e. The molecule has 0 aliphatic carbocycles. The molecule has 15 heavy (non-hydrogen) atoms. The minimum Gasteiger partial charge on any atom is -0.462 e. The van der Waals surface area contributed by atoms with Crippen LogP contribution in [0.1, 0.15) is 32.3 Å². The number of carbonyl (C=O) groups excluding carboxylic acids is 1. The molecule has 0 fully saturated rings. The highest BCUT2D eigenvalue weighted by Crippen LogP contribution is 2.06. The van der Waals surface area contributed by atoms with Crippen molar-refractivity contribution in [3.05, 3.63) is 35.9 Å². The fraction of sp³-hybridized carbons (Fsp3) is 0.462. The lowest BCUT2D eigenvalue weighted by atomic mass is 10.1. The summed E-state index contributed by atoms with van der Waals surface area (Å²) in [5, 5.41) is 0. The highest BCUT2D eigenvalue weighted by molar-refractivity contribution is 5.69. The van der Waals surface area contributed by atoms with Crippen LogP contribution in [0, 0.1) is 0 Å². The van der Waals surface area contributed by atoms with E-state index < -0.39 is 0 Å². The van der Waals surface area contributed by atoms with Gasteiger partial charge in [-0.3, -0.25) is 4.79 Å². The Labute approximate surface area is 91.3 Å². The van der Waals surface area contributed by atoms with Crippen LogP contribution in [0.2, 0.25) is 0 Å². The van der Waals surface area contributed by atoms with Gasteiger partial charge in [0.25, 0.3) is 0 Å². The number of esters is 1. The number of rotatable bonds is 5. The molecule has 0 unspecified atom stereocenters. The van der Waals surface area contributed by atoms with Gasteiger partial charge >= 0.3 is 5.97 Å². The van der Waals surface area contributed by atoms with Crippen LogP contribution < -0.4 is 0 Å². The van der Waals surface area contributed by atoms with E-state index in [4.69, 9.17) is 4.74 Å². The van der Waals surface area contributed by atoms with E-state index in [2.05, 4.69) is 0 Å². The second-order valence-electron chi connectivity index (χ2n) is 3.74. The molecule has 2 nitrogen and oxygen atoms in total. The lowest BCUT2D eigenvalue weighted by Crippen LogP contribution is -2.16. The van der Waals surface area contributed by atoms with E-state index >= 15 is 0 Å². The molecule has 0 radical (unpaired) electrons. The molecule has 0 heterocycles. The molecule has 0 saturated heterocycles. The average molecular weight is 206 g/mol. The van der Waals surface area contributed by atoms with Gasteiger partial charge in [0.05, 0.1) is 0 Å². The Kier molecular flexibility index (Phi) is 4.88. The van der Waals surface area contributed by atoms with E-state index in [0.717, 1.165) is 12.8 Å². The molecule has 1 aromatic carbocycles. The van der Waals surface area contributed by atoms with Gasteiger partial charge in [0, 0.05) is 12.8 Å². The van der Waals surface area contributed by atoms with Crippen molar-refractivity contribution in [3.63, 3.8) is 0 Å². The molecule has 0 saturated carbocycles. The van der Waals surface area contributed by atoms with Gasteiger partial charge in [-0.15, -0.1) is 0 Å². The van der Waals surface area contributed by atoms with E-state index in [9.17, 15) is 4.79 Å². The summed E-state index contributed by atoms with van der Waals surface area (Å²) in [6.07, 6.45) is 2.11. The Morgan fingerprint density at radius 1 is 1.33 bits per heavy atom. The minimum absolute atomic E-state index is 0.0357. The average Bonchev–Trinajstić information content (AvgIpc) is 2.19. The molecular formula is C13H18O2.